The highest BCUT2D eigenvalue weighted by molar-refractivity contribution is 6.11. The van der Waals surface area contributed by atoms with Gasteiger partial charge in [-0.3, -0.25) is 9.59 Å². The van der Waals surface area contributed by atoms with Crippen LogP contribution in [0.2, 0.25) is 0 Å². The molecule has 18 heavy (non-hydrogen) atoms. The molecule has 1 aromatic rings. The summed E-state index contributed by atoms with van der Waals surface area (Å²) in [7, 11) is 0. The fraction of sp³-hybridized carbons (Fsp3) is 0.429. The van der Waals surface area contributed by atoms with E-state index >= 15 is 0 Å². The number of carbonyl (C=O) groups is 2. The van der Waals surface area contributed by atoms with E-state index in [1.807, 2.05) is 0 Å². The van der Waals surface area contributed by atoms with Crippen LogP contribution in [0.5, 0.6) is 0 Å². The third-order valence-electron chi connectivity index (χ3n) is 2.79. The van der Waals surface area contributed by atoms with Gasteiger partial charge >= 0.3 is 5.97 Å². The first-order valence-corrected chi connectivity index (χ1v) is 5.79. The van der Waals surface area contributed by atoms with Crippen LogP contribution in [0.25, 0.3) is 0 Å². The van der Waals surface area contributed by atoms with Gasteiger partial charge in [0, 0.05) is 5.56 Å². The molecule has 4 heteroatoms. The largest absolute Gasteiger partial charge is 0.465 e. The summed E-state index contributed by atoms with van der Waals surface area (Å²) in [6.45, 7) is 6.44. The van der Waals surface area contributed by atoms with E-state index in [4.69, 9.17) is 4.74 Å². The van der Waals surface area contributed by atoms with Crippen molar-refractivity contribution in [2.24, 2.45) is 5.41 Å². The Labute approximate surface area is 106 Å². The van der Waals surface area contributed by atoms with E-state index in [0.717, 1.165) is 6.07 Å². The number of carbonyl (C=O) groups excluding carboxylic acids is 2. The fourth-order valence-corrected chi connectivity index (χ4v) is 1.50. The summed E-state index contributed by atoms with van der Waals surface area (Å²) in [5.41, 5.74) is -0.672. The molecule has 0 saturated heterocycles. The molecule has 0 unspecified atom stereocenters. The Morgan fingerprint density at radius 3 is 2.44 bits per heavy atom. The Balaban J connectivity index is 3.05. The van der Waals surface area contributed by atoms with Crippen LogP contribution >= 0.6 is 0 Å². The number of ketones is 1. The molecule has 0 radical (unpaired) electrons. The Morgan fingerprint density at radius 1 is 1.33 bits per heavy atom. The van der Waals surface area contributed by atoms with Crippen molar-refractivity contribution in [3.63, 3.8) is 0 Å². The zero-order valence-corrected chi connectivity index (χ0v) is 11.0. The maximum absolute atomic E-state index is 13.4. The maximum Gasteiger partial charge on any atom is 0.319 e. The standard InChI is InChI=1S/C14H17FO3/c1-5-18-13(17)14(3,4)12(16)10-7-6-9(2)11(15)8-10/h6-8H,5H2,1-4H3. The number of hydrogen-bond acceptors (Lipinski definition) is 3. The number of Topliss-reactive ketones (excluding diaryl/α,β-unsaturated/α-hetero) is 1. The van der Waals surface area contributed by atoms with E-state index in [2.05, 4.69) is 0 Å². The smallest absolute Gasteiger partial charge is 0.319 e. The predicted molar refractivity (Wildman–Crippen MR) is 65.9 cm³/mol. The van der Waals surface area contributed by atoms with Crippen molar-refractivity contribution in [3.05, 3.63) is 35.1 Å². The van der Waals surface area contributed by atoms with Crippen LogP contribution in [0.4, 0.5) is 4.39 Å². The van der Waals surface area contributed by atoms with Crippen LogP contribution in [0.3, 0.4) is 0 Å². The molecule has 0 atom stereocenters. The average Bonchev–Trinajstić information content (AvgIpc) is 2.32. The Kier molecular flexibility index (Phi) is 4.22. The molecule has 0 aliphatic rings. The van der Waals surface area contributed by atoms with Crippen LogP contribution in [0.15, 0.2) is 18.2 Å². The van der Waals surface area contributed by atoms with Crippen LogP contribution in [-0.2, 0) is 9.53 Å². The SMILES string of the molecule is CCOC(=O)C(C)(C)C(=O)c1ccc(C)c(F)c1. The number of benzene rings is 1. The number of hydrogen-bond donors (Lipinski definition) is 0. The molecule has 0 aromatic heterocycles. The minimum absolute atomic E-state index is 0.177. The van der Waals surface area contributed by atoms with Crippen molar-refractivity contribution in [1.82, 2.24) is 0 Å². The molecule has 0 spiro atoms. The maximum atomic E-state index is 13.4. The number of esters is 1. The molecule has 0 bridgehead atoms. The van der Waals surface area contributed by atoms with Gasteiger partial charge in [-0.25, -0.2) is 4.39 Å². The van der Waals surface area contributed by atoms with Crippen LogP contribution in [0.1, 0.15) is 36.7 Å². The molecule has 0 amide bonds. The summed E-state index contributed by atoms with van der Waals surface area (Å²) in [4.78, 5) is 23.9. The molecule has 0 aliphatic carbocycles. The van der Waals surface area contributed by atoms with E-state index in [9.17, 15) is 14.0 Å². The van der Waals surface area contributed by atoms with Crippen molar-refractivity contribution in [1.29, 1.82) is 0 Å². The van der Waals surface area contributed by atoms with Gasteiger partial charge in [-0.15, -0.1) is 0 Å². The lowest BCUT2D eigenvalue weighted by Crippen LogP contribution is -2.35. The first-order chi connectivity index (χ1) is 8.30. The van der Waals surface area contributed by atoms with Crippen molar-refractivity contribution < 1.29 is 18.7 Å². The number of aryl methyl sites for hydroxylation is 1. The minimum atomic E-state index is -1.31. The first kappa shape index (κ1) is 14.4. The van der Waals surface area contributed by atoms with Crippen LogP contribution in [-0.4, -0.2) is 18.4 Å². The molecule has 0 N–H and O–H groups in total. The number of halogens is 1. The Hall–Kier alpha value is -1.71. The monoisotopic (exact) mass is 252 g/mol. The van der Waals surface area contributed by atoms with Gasteiger partial charge in [-0.05, 0) is 39.3 Å². The zero-order valence-electron chi connectivity index (χ0n) is 11.0. The van der Waals surface area contributed by atoms with E-state index in [1.165, 1.54) is 26.0 Å². The summed E-state index contributed by atoms with van der Waals surface area (Å²) in [6.07, 6.45) is 0. The molecule has 98 valence electrons. The van der Waals surface area contributed by atoms with Crippen LogP contribution < -0.4 is 0 Å². The second-order valence-electron chi connectivity index (χ2n) is 4.64. The zero-order chi connectivity index (χ0) is 13.9. The van der Waals surface area contributed by atoms with E-state index < -0.39 is 23.0 Å². The molecule has 0 fully saturated rings. The highest BCUT2D eigenvalue weighted by atomic mass is 19.1. The van der Waals surface area contributed by atoms with Gasteiger partial charge in [0.25, 0.3) is 0 Å². The summed E-state index contributed by atoms with van der Waals surface area (Å²) in [6, 6.07) is 4.18. The molecule has 0 aliphatic heterocycles. The second kappa shape index (κ2) is 5.29. The van der Waals surface area contributed by atoms with Crippen molar-refractivity contribution in [2.75, 3.05) is 6.61 Å². The second-order valence-corrected chi connectivity index (χ2v) is 4.64. The van der Waals surface area contributed by atoms with E-state index in [-0.39, 0.29) is 12.2 Å². The lowest BCUT2D eigenvalue weighted by molar-refractivity contribution is -0.150. The van der Waals surface area contributed by atoms with Gasteiger partial charge in [-0.2, -0.15) is 0 Å². The summed E-state index contributed by atoms with van der Waals surface area (Å²) >= 11 is 0. The van der Waals surface area contributed by atoms with Crippen molar-refractivity contribution in [2.45, 2.75) is 27.7 Å². The number of ether oxygens (including phenoxy) is 1. The summed E-state index contributed by atoms with van der Waals surface area (Å²) in [5, 5.41) is 0. The van der Waals surface area contributed by atoms with Gasteiger partial charge in [0.05, 0.1) is 6.61 Å². The van der Waals surface area contributed by atoms with Gasteiger partial charge < -0.3 is 4.74 Å². The highest BCUT2D eigenvalue weighted by Crippen LogP contribution is 2.24. The Bertz CT molecular complexity index is 478. The predicted octanol–water partition coefficient (Wildman–Crippen LogP) is 2.91. The third-order valence-corrected chi connectivity index (χ3v) is 2.79. The lowest BCUT2D eigenvalue weighted by atomic mass is 9.84. The third kappa shape index (κ3) is 2.75. The normalized spacial score (nSPS) is 11.2. The van der Waals surface area contributed by atoms with Gasteiger partial charge in [0.2, 0.25) is 0 Å². The van der Waals surface area contributed by atoms with Crippen molar-refractivity contribution in [3.8, 4) is 0 Å². The molecule has 0 saturated carbocycles. The molecular formula is C14H17FO3. The van der Waals surface area contributed by atoms with Gasteiger partial charge in [-0.1, -0.05) is 12.1 Å². The van der Waals surface area contributed by atoms with E-state index in [1.54, 1.807) is 13.8 Å². The molecular weight excluding hydrogens is 235 g/mol. The summed E-state index contributed by atoms with van der Waals surface area (Å²) < 4.78 is 18.3. The van der Waals surface area contributed by atoms with Crippen molar-refractivity contribution >= 4 is 11.8 Å². The fourth-order valence-electron chi connectivity index (χ4n) is 1.50. The topological polar surface area (TPSA) is 43.4 Å². The number of rotatable bonds is 4. The molecule has 1 rings (SSSR count). The van der Waals surface area contributed by atoms with Gasteiger partial charge in [0.15, 0.2) is 5.78 Å². The first-order valence-electron chi connectivity index (χ1n) is 5.79. The quantitative estimate of drug-likeness (QED) is 0.470. The highest BCUT2D eigenvalue weighted by Gasteiger charge is 2.38. The molecule has 0 heterocycles. The van der Waals surface area contributed by atoms with Crippen LogP contribution in [0, 0.1) is 18.2 Å². The lowest BCUT2D eigenvalue weighted by Gasteiger charge is -2.20. The average molecular weight is 252 g/mol. The Morgan fingerprint density at radius 2 is 1.94 bits per heavy atom. The van der Waals surface area contributed by atoms with Gasteiger partial charge in [0.1, 0.15) is 11.2 Å². The summed E-state index contributed by atoms with van der Waals surface area (Å²) in [5.74, 6) is -1.50. The minimum Gasteiger partial charge on any atom is -0.465 e. The molecule has 1 aromatic carbocycles. The molecule has 3 nitrogen and oxygen atoms in total. The van der Waals surface area contributed by atoms with E-state index in [0.29, 0.717) is 5.56 Å².